The van der Waals surface area contributed by atoms with E-state index in [0.717, 1.165) is 49.2 Å². The number of methoxy groups -OCH3 is 3. The van der Waals surface area contributed by atoms with Gasteiger partial charge in [0.25, 0.3) is 5.91 Å². The SMILES string of the molecule is COc1cc(-c2cnn3c(C)c(C(=O)N4CCC(Cc5ccccc5)CC4)cnc23)cc(OC)c1OC. The lowest BCUT2D eigenvalue weighted by Crippen LogP contribution is -2.39. The Labute approximate surface area is 216 Å². The van der Waals surface area contributed by atoms with E-state index in [1.165, 1.54) is 5.56 Å². The minimum atomic E-state index is 0.00916. The predicted molar refractivity (Wildman–Crippen MR) is 142 cm³/mol. The van der Waals surface area contributed by atoms with Crippen LogP contribution in [0.15, 0.2) is 54.9 Å². The van der Waals surface area contributed by atoms with Gasteiger partial charge in [0.1, 0.15) is 0 Å². The average Bonchev–Trinajstić information content (AvgIpc) is 3.38. The lowest BCUT2D eigenvalue weighted by atomic mass is 9.90. The van der Waals surface area contributed by atoms with Crippen LogP contribution < -0.4 is 14.2 Å². The number of likely N-dealkylation sites (tertiary alicyclic amines) is 1. The van der Waals surface area contributed by atoms with Crippen LogP contribution in [0.4, 0.5) is 0 Å². The molecule has 192 valence electrons. The minimum Gasteiger partial charge on any atom is -0.493 e. The summed E-state index contributed by atoms with van der Waals surface area (Å²) in [7, 11) is 4.74. The first-order chi connectivity index (χ1) is 18.0. The van der Waals surface area contributed by atoms with E-state index in [1.807, 2.05) is 30.0 Å². The van der Waals surface area contributed by atoms with Crippen molar-refractivity contribution in [2.75, 3.05) is 34.4 Å². The Morgan fingerprint density at radius 2 is 1.65 bits per heavy atom. The summed E-state index contributed by atoms with van der Waals surface area (Å²) in [5.41, 5.74) is 5.00. The Morgan fingerprint density at radius 3 is 2.27 bits per heavy atom. The van der Waals surface area contributed by atoms with Gasteiger partial charge in [-0.05, 0) is 55.4 Å². The summed E-state index contributed by atoms with van der Waals surface area (Å²) in [6.45, 7) is 3.42. The molecule has 1 amide bonds. The van der Waals surface area contributed by atoms with Gasteiger partial charge in [0.05, 0.1) is 38.8 Å². The van der Waals surface area contributed by atoms with Crippen molar-refractivity contribution in [1.29, 1.82) is 0 Å². The maximum Gasteiger partial charge on any atom is 0.257 e. The second kappa shape index (κ2) is 10.5. The summed E-state index contributed by atoms with van der Waals surface area (Å²) in [5, 5.41) is 4.57. The standard InChI is InChI=1S/C29H32N4O4/c1-19-23(29(34)32-12-10-21(11-13-32)14-20-8-6-5-7-9-20)17-30-28-24(18-31-33(19)28)22-15-25(35-2)27(37-4)26(16-22)36-3/h5-9,15-18,21H,10-14H2,1-4H3. The predicted octanol–water partition coefficient (Wildman–Crippen LogP) is 4.83. The molecule has 0 radical (unpaired) electrons. The second-order valence-corrected chi connectivity index (χ2v) is 9.39. The largest absolute Gasteiger partial charge is 0.493 e. The van der Waals surface area contributed by atoms with Crippen molar-refractivity contribution < 1.29 is 19.0 Å². The number of aromatic nitrogens is 3. The Hall–Kier alpha value is -4.07. The molecule has 8 heteroatoms. The first kappa shape index (κ1) is 24.6. The molecule has 0 saturated carbocycles. The summed E-state index contributed by atoms with van der Waals surface area (Å²) in [6.07, 6.45) is 6.49. The molecule has 0 atom stereocenters. The number of carbonyl (C=O) groups excluding carboxylic acids is 1. The van der Waals surface area contributed by atoms with Crippen molar-refractivity contribution >= 4 is 11.6 Å². The zero-order chi connectivity index (χ0) is 25.9. The molecule has 0 bridgehead atoms. The minimum absolute atomic E-state index is 0.00916. The molecule has 5 rings (SSSR count). The van der Waals surface area contributed by atoms with Gasteiger partial charge in [0.2, 0.25) is 5.75 Å². The second-order valence-electron chi connectivity index (χ2n) is 9.39. The van der Waals surface area contributed by atoms with Crippen LogP contribution in [0.3, 0.4) is 0 Å². The number of carbonyl (C=O) groups is 1. The van der Waals surface area contributed by atoms with E-state index in [1.54, 1.807) is 38.2 Å². The fourth-order valence-electron chi connectivity index (χ4n) is 5.15. The van der Waals surface area contributed by atoms with Crippen LogP contribution in [-0.4, -0.2) is 59.8 Å². The maximum absolute atomic E-state index is 13.4. The molecule has 1 saturated heterocycles. The summed E-state index contributed by atoms with van der Waals surface area (Å²) >= 11 is 0. The molecule has 37 heavy (non-hydrogen) atoms. The Balaban J connectivity index is 1.37. The third kappa shape index (κ3) is 4.71. The first-order valence-corrected chi connectivity index (χ1v) is 12.5. The summed E-state index contributed by atoms with van der Waals surface area (Å²) < 4.78 is 18.2. The van der Waals surface area contributed by atoms with E-state index in [2.05, 4.69) is 34.3 Å². The number of hydrogen-bond donors (Lipinski definition) is 0. The third-order valence-corrected chi connectivity index (χ3v) is 7.24. The van der Waals surface area contributed by atoms with Crippen LogP contribution in [0.2, 0.25) is 0 Å². The van der Waals surface area contributed by atoms with Gasteiger partial charge in [-0.25, -0.2) is 9.50 Å². The highest BCUT2D eigenvalue weighted by Crippen LogP contribution is 2.42. The summed E-state index contributed by atoms with van der Waals surface area (Å²) in [6, 6.07) is 14.3. The van der Waals surface area contributed by atoms with Gasteiger partial charge < -0.3 is 19.1 Å². The van der Waals surface area contributed by atoms with Crippen molar-refractivity contribution in [3.63, 3.8) is 0 Å². The van der Waals surface area contributed by atoms with Crippen LogP contribution >= 0.6 is 0 Å². The number of rotatable bonds is 7. The molecular formula is C29H32N4O4. The third-order valence-electron chi connectivity index (χ3n) is 7.24. The summed E-state index contributed by atoms with van der Waals surface area (Å²) in [4.78, 5) is 20.0. The Morgan fingerprint density at radius 1 is 0.973 bits per heavy atom. The van der Waals surface area contributed by atoms with E-state index in [4.69, 9.17) is 14.2 Å². The van der Waals surface area contributed by atoms with Gasteiger partial charge in [-0.2, -0.15) is 5.10 Å². The summed E-state index contributed by atoms with van der Waals surface area (Å²) in [5.74, 6) is 2.23. The van der Waals surface area contributed by atoms with Crippen LogP contribution in [0, 0.1) is 12.8 Å². The molecule has 1 fully saturated rings. The fourth-order valence-corrected chi connectivity index (χ4v) is 5.15. The lowest BCUT2D eigenvalue weighted by Gasteiger charge is -2.32. The molecular weight excluding hydrogens is 468 g/mol. The van der Waals surface area contributed by atoms with Crippen LogP contribution in [0.1, 0.15) is 34.5 Å². The lowest BCUT2D eigenvalue weighted by molar-refractivity contribution is 0.0688. The number of fused-ring (bicyclic) bond motifs is 1. The number of hydrogen-bond acceptors (Lipinski definition) is 6. The molecule has 2 aromatic heterocycles. The number of benzene rings is 2. The van der Waals surface area contributed by atoms with Gasteiger partial charge in [-0.1, -0.05) is 30.3 Å². The smallest absolute Gasteiger partial charge is 0.257 e. The number of amides is 1. The van der Waals surface area contributed by atoms with Crippen LogP contribution in [-0.2, 0) is 6.42 Å². The number of nitrogens with zero attached hydrogens (tertiary/aromatic N) is 4. The molecule has 0 N–H and O–H groups in total. The van der Waals surface area contributed by atoms with E-state index in [9.17, 15) is 4.79 Å². The van der Waals surface area contributed by atoms with Crippen molar-refractivity contribution in [3.05, 3.63) is 71.7 Å². The van der Waals surface area contributed by atoms with Crippen molar-refractivity contribution in [2.24, 2.45) is 5.92 Å². The molecule has 1 aliphatic heterocycles. The van der Waals surface area contributed by atoms with Crippen molar-refractivity contribution in [2.45, 2.75) is 26.2 Å². The van der Waals surface area contributed by atoms with Gasteiger partial charge in [-0.3, -0.25) is 4.79 Å². The highest BCUT2D eigenvalue weighted by atomic mass is 16.5. The molecule has 0 unspecified atom stereocenters. The molecule has 0 aliphatic carbocycles. The van der Waals surface area contributed by atoms with Crippen molar-refractivity contribution in [1.82, 2.24) is 19.5 Å². The highest BCUT2D eigenvalue weighted by Gasteiger charge is 2.26. The van der Waals surface area contributed by atoms with E-state index in [-0.39, 0.29) is 5.91 Å². The first-order valence-electron chi connectivity index (χ1n) is 12.5. The van der Waals surface area contributed by atoms with Crippen LogP contribution in [0.5, 0.6) is 17.2 Å². The zero-order valence-electron chi connectivity index (χ0n) is 21.7. The quantitative estimate of drug-likeness (QED) is 0.362. The van der Waals surface area contributed by atoms with Gasteiger partial charge in [-0.15, -0.1) is 0 Å². The molecule has 8 nitrogen and oxygen atoms in total. The topological polar surface area (TPSA) is 78.2 Å². The highest BCUT2D eigenvalue weighted by molar-refractivity contribution is 5.95. The molecule has 1 aliphatic rings. The number of aryl methyl sites for hydroxylation is 1. The Bertz CT molecular complexity index is 1380. The van der Waals surface area contributed by atoms with Crippen molar-refractivity contribution in [3.8, 4) is 28.4 Å². The van der Waals surface area contributed by atoms with E-state index < -0.39 is 0 Å². The molecule has 2 aromatic carbocycles. The molecule has 3 heterocycles. The average molecular weight is 501 g/mol. The number of ether oxygens (including phenoxy) is 3. The van der Waals surface area contributed by atoms with E-state index in [0.29, 0.717) is 34.4 Å². The van der Waals surface area contributed by atoms with E-state index >= 15 is 0 Å². The Kier molecular flexibility index (Phi) is 6.99. The fraction of sp³-hybridized carbons (Fsp3) is 0.345. The number of piperidine rings is 1. The van der Waals surface area contributed by atoms with Gasteiger partial charge >= 0.3 is 0 Å². The molecule has 4 aromatic rings. The van der Waals surface area contributed by atoms with Gasteiger partial charge in [0, 0.05) is 24.8 Å². The molecule has 0 spiro atoms. The van der Waals surface area contributed by atoms with Crippen LogP contribution in [0.25, 0.3) is 16.8 Å². The normalized spacial score (nSPS) is 14.1. The monoisotopic (exact) mass is 500 g/mol. The van der Waals surface area contributed by atoms with Gasteiger partial charge in [0.15, 0.2) is 17.1 Å². The maximum atomic E-state index is 13.4. The zero-order valence-corrected chi connectivity index (χ0v) is 21.7.